The first-order chi connectivity index (χ1) is 12.3. The van der Waals surface area contributed by atoms with Gasteiger partial charge in [-0.3, -0.25) is 0 Å². The fourth-order valence-electron chi connectivity index (χ4n) is 2.13. The number of aromatic nitrogens is 4. The molecule has 3 rings (SSSR count). The maximum absolute atomic E-state index is 11.6. The maximum atomic E-state index is 11.6. The molecule has 0 amide bonds. The lowest BCUT2D eigenvalue weighted by atomic mass is 10.3. The van der Waals surface area contributed by atoms with Crippen LogP contribution in [-0.2, 0) is 16.3 Å². The number of rotatable bonds is 5. The van der Waals surface area contributed by atoms with Crippen LogP contribution in [0.1, 0.15) is 12.8 Å². The largest absolute Gasteiger partial charge is 0.421 e. The first-order valence-electron chi connectivity index (χ1n) is 7.50. The number of nitrogen functional groups attached to an aromatic ring is 1. The Kier molecular flexibility index (Phi) is 4.79. The molecule has 9 nitrogen and oxygen atoms in total. The third-order valence-corrected chi connectivity index (χ3v) is 4.99. The molecule has 3 N–H and O–H groups in total. The summed E-state index contributed by atoms with van der Waals surface area (Å²) < 4.78 is 28.6. The van der Waals surface area contributed by atoms with Crippen molar-refractivity contribution in [2.75, 3.05) is 17.3 Å². The van der Waals surface area contributed by atoms with Gasteiger partial charge in [0.1, 0.15) is 5.82 Å². The lowest BCUT2D eigenvalue weighted by Gasteiger charge is -2.08. The topological polar surface area (TPSA) is 137 Å². The molecule has 2 heterocycles. The van der Waals surface area contributed by atoms with Gasteiger partial charge in [0, 0.05) is 24.6 Å². The predicted octanol–water partition coefficient (Wildman–Crippen LogP) is 2.47. The highest BCUT2D eigenvalue weighted by molar-refractivity contribution is 7.90. The number of nitrogens with zero attached hydrogens (tertiary/aromatic N) is 4. The number of nitrogens with one attached hydrogen (secondary N) is 1. The molecule has 0 fully saturated rings. The van der Waals surface area contributed by atoms with Crippen molar-refractivity contribution < 1.29 is 12.8 Å². The van der Waals surface area contributed by atoms with Crippen molar-refractivity contribution >= 4 is 38.9 Å². The highest BCUT2D eigenvalue weighted by Gasteiger charge is 2.15. The first-order valence-corrected chi connectivity index (χ1v) is 9.76. The van der Waals surface area contributed by atoms with Gasteiger partial charge < -0.3 is 15.5 Å². The van der Waals surface area contributed by atoms with Gasteiger partial charge in [0.15, 0.2) is 9.84 Å². The molecule has 0 radical (unpaired) electrons. The standard InChI is InChI=1S/C15H15ClN6O3S/c1-3-12-21-22-14(25-12)9-7-18-15(20-13(9)17)19-8-4-5-11(10(16)6-8)26(2,23)24/h4-7H,3H2,1-2H3,(H3,17,18,19,20). The molecule has 0 saturated heterocycles. The van der Waals surface area contributed by atoms with E-state index in [2.05, 4.69) is 25.5 Å². The molecule has 0 aliphatic rings. The van der Waals surface area contributed by atoms with Crippen LogP contribution in [0.25, 0.3) is 11.5 Å². The van der Waals surface area contributed by atoms with Crippen LogP contribution in [0.2, 0.25) is 5.02 Å². The van der Waals surface area contributed by atoms with Gasteiger partial charge in [0.05, 0.1) is 15.5 Å². The van der Waals surface area contributed by atoms with Gasteiger partial charge >= 0.3 is 0 Å². The van der Waals surface area contributed by atoms with E-state index < -0.39 is 9.84 Å². The quantitative estimate of drug-likeness (QED) is 0.668. The number of halogens is 1. The van der Waals surface area contributed by atoms with Crippen molar-refractivity contribution in [3.8, 4) is 11.5 Å². The summed E-state index contributed by atoms with van der Waals surface area (Å²) in [6.07, 6.45) is 3.16. The summed E-state index contributed by atoms with van der Waals surface area (Å²) >= 11 is 6.02. The van der Waals surface area contributed by atoms with E-state index in [-0.39, 0.29) is 27.6 Å². The fourth-order valence-corrected chi connectivity index (χ4v) is 3.46. The van der Waals surface area contributed by atoms with Gasteiger partial charge in [-0.1, -0.05) is 18.5 Å². The van der Waals surface area contributed by atoms with Gasteiger partial charge in [-0.2, -0.15) is 4.98 Å². The molecule has 1 aromatic carbocycles. The molecule has 2 aromatic heterocycles. The smallest absolute Gasteiger partial charge is 0.253 e. The van der Waals surface area contributed by atoms with Gasteiger partial charge in [-0.15, -0.1) is 10.2 Å². The Hall–Kier alpha value is -2.72. The zero-order valence-corrected chi connectivity index (χ0v) is 15.5. The summed E-state index contributed by atoms with van der Waals surface area (Å²) in [5.74, 6) is 1.10. The van der Waals surface area contributed by atoms with Crippen LogP contribution in [-0.4, -0.2) is 34.8 Å². The molecule has 0 aliphatic carbocycles. The zero-order valence-electron chi connectivity index (χ0n) is 13.9. The van der Waals surface area contributed by atoms with Crippen molar-refractivity contribution in [2.45, 2.75) is 18.2 Å². The van der Waals surface area contributed by atoms with E-state index in [9.17, 15) is 8.42 Å². The minimum Gasteiger partial charge on any atom is -0.421 e. The average Bonchev–Trinajstić information content (AvgIpc) is 3.02. The maximum Gasteiger partial charge on any atom is 0.253 e. The Balaban J connectivity index is 1.85. The van der Waals surface area contributed by atoms with E-state index in [1.54, 1.807) is 6.07 Å². The molecule has 0 atom stereocenters. The Morgan fingerprint density at radius 1 is 1.31 bits per heavy atom. The molecule has 136 valence electrons. The number of nitrogens with two attached hydrogens (primary N) is 1. The third-order valence-electron chi connectivity index (χ3n) is 3.41. The van der Waals surface area contributed by atoms with Crippen LogP contribution >= 0.6 is 11.6 Å². The lowest BCUT2D eigenvalue weighted by Crippen LogP contribution is -2.03. The second kappa shape index (κ2) is 6.89. The molecular weight excluding hydrogens is 380 g/mol. The molecule has 26 heavy (non-hydrogen) atoms. The van der Waals surface area contributed by atoms with Gasteiger partial charge in [0.2, 0.25) is 11.8 Å². The van der Waals surface area contributed by atoms with E-state index in [1.807, 2.05) is 6.92 Å². The Labute approximate surface area is 154 Å². The molecule has 11 heteroatoms. The first kappa shape index (κ1) is 18.1. The third kappa shape index (κ3) is 3.75. The highest BCUT2D eigenvalue weighted by atomic mass is 35.5. The van der Waals surface area contributed by atoms with Crippen molar-refractivity contribution in [1.82, 2.24) is 20.2 Å². The van der Waals surface area contributed by atoms with Gasteiger partial charge in [0.25, 0.3) is 5.89 Å². The second-order valence-corrected chi connectivity index (χ2v) is 7.78. The molecule has 0 aliphatic heterocycles. The number of hydrogen-bond acceptors (Lipinski definition) is 9. The van der Waals surface area contributed by atoms with E-state index in [0.717, 1.165) is 6.26 Å². The van der Waals surface area contributed by atoms with E-state index in [0.29, 0.717) is 23.6 Å². The predicted molar refractivity (Wildman–Crippen MR) is 97.0 cm³/mol. The van der Waals surface area contributed by atoms with Crippen molar-refractivity contribution in [3.05, 3.63) is 35.3 Å². The monoisotopic (exact) mass is 394 g/mol. The van der Waals surface area contributed by atoms with Crippen LogP contribution in [0.5, 0.6) is 0 Å². The molecule has 0 unspecified atom stereocenters. The van der Waals surface area contributed by atoms with Crippen LogP contribution in [0.4, 0.5) is 17.5 Å². The SMILES string of the molecule is CCc1nnc(-c2cnc(Nc3ccc(S(C)(=O)=O)c(Cl)c3)nc2N)o1. The normalized spacial score (nSPS) is 11.5. The number of aryl methyl sites for hydroxylation is 1. The van der Waals surface area contributed by atoms with E-state index >= 15 is 0 Å². The Morgan fingerprint density at radius 2 is 2.08 bits per heavy atom. The summed E-state index contributed by atoms with van der Waals surface area (Å²) in [6.45, 7) is 1.89. The number of benzene rings is 1. The van der Waals surface area contributed by atoms with E-state index in [4.69, 9.17) is 21.8 Å². The molecule has 0 bridgehead atoms. The van der Waals surface area contributed by atoms with Gasteiger partial charge in [-0.25, -0.2) is 13.4 Å². The van der Waals surface area contributed by atoms with Crippen LogP contribution in [0.15, 0.2) is 33.7 Å². The summed E-state index contributed by atoms with van der Waals surface area (Å²) in [6, 6.07) is 4.43. The van der Waals surface area contributed by atoms with Crippen LogP contribution < -0.4 is 11.1 Å². The minimum atomic E-state index is -3.40. The summed E-state index contributed by atoms with van der Waals surface area (Å²) in [7, 11) is -3.40. The Morgan fingerprint density at radius 3 is 2.65 bits per heavy atom. The summed E-state index contributed by atoms with van der Waals surface area (Å²) in [5, 5.41) is 10.8. The minimum absolute atomic E-state index is 0.0450. The lowest BCUT2D eigenvalue weighted by molar-refractivity contribution is 0.512. The fraction of sp³-hybridized carbons (Fsp3) is 0.200. The van der Waals surface area contributed by atoms with Crippen LogP contribution in [0, 0.1) is 0 Å². The molecular formula is C15H15ClN6O3S. The number of hydrogen-bond donors (Lipinski definition) is 2. The summed E-state index contributed by atoms with van der Waals surface area (Å²) in [5.41, 5.74) is 6.88. The van der Waals surface area contributed by atoms with Gasteiger partial charge in [-0.05, 0) is 18.2 Å². The number of sulfone groups is 1. The highest BCUT2D eigenvalue weighted by Crippen LogP contribution is 2.27. The second-order valence-electron chi connectivity index (χ2n) is 5.39. The van der Waals surface area contributed by atoms with Crippen LogP contribution in [0.3, 0.4) is 0 Å². The summed E-state index contributed by atoms with van der Waals surface area (Å²) in [4.78, 5) is 8.35. The zero-order chi connectivity index (χ0) is 18.9. The van der Waals surface area contributed by atoms with Crippen molar-refractivity contribution in [3.63, 3.8) is 0 Å². The molecule has 0 saturated carbocycles. The van der Waals surface area contributed by atoms with Crippen molar-refractivity contribution in [2.24, 2.45) is 0 Å². The number of anilines is 3. The Bertz CT molecular complexity index is 1070. The van der Waals surface area contributed by atoms with Crippen molar-refractivity contribution in [1.29, 1.82) is 0 Å². The molecule has 3 aromatic rings. The van der Waals surface area contributed by atoms with E-state index in [1.165, 1.54) is 18.3 Å². The average molecular weight is 395 g/mol. The molecule has 0 spiro atoms.